The normalized spacial score (nSPS) is 26.4. The predicted molar refractivity (Wildman–Crippen MR) is 82.1 cm³/mol. The molecule has 1 saturated heterocycles. The number of benzene rings is 1. The number of nitrogens with zero attached hydrogens (tertiary/aromatic N) is 2. The minimum Gasteiger partial charge on any atom is -0.502 e. The van der Waals surface area contributed by atoms with Crippen LogP contribution in [0.5, 0.6) is 5.75 Å². The third-order valence-electron chi connectivity index (χ3n) is 4.62. The van der Waals surface area contributed by atoms with Crippen LogP contribution in [-0.2, 0) is 0 Å². The molecule has 3 rings (SSSR count). The second-order valence-corrected chi connectivity index (χ2v) is 5.84. The number of nitro benzene ring substituents is 1. The fourth-order valence-electron chi connectivity index (χ4n) is 3.47. The van der Waals surface area contributed by atoms with Crippen molar-refractivity contribution in [2.24, 2.45) is 17.6 Å². The maximum atomic E-state index is 12.4. The van der Waals surface area contributed by atoms with E-state index in [1.807, 2.05) is 0 Å². The van der Waals surface area contributed by atoms with Gasteiger partial charge in [-0.1, -0.05) is 0 Å². The molecule has 1 heterocycles. The number of nitrogens with two attached hydrogens (primary N) is 1. The number of carbonyl (C=O) groups excluding carboxylic acids is 1. The molecule has 1 saturated carbocycles. The molecule has 22 heavy (non-hydrogen) atoms. The first kappa shape index (κ1) is 16.5. The van der Waals surface area contributed by atoms with E-state index in [1.165, 1.54) is 6.07 Å². The first-order valence-electron chi connectivity index (χ1n) is 6.99. The van der Waals surface area contributed by atoms with Gasteiger partial charge in [-0.05, 0) is 36.8 Å². The number of nitro groups is 1. The van der Waals surface area contributed by atoms with Gasteiger partial charge in [0, 0.05) is 30.8 Å². The molecule has 1 aliphatic carbocycles. The van der Waals surface area contributed by atoms with E-state index < -0.39 is 16.4 Å². The lowest BCUT2D eigenvalue weighted by molar-refractivity contribution is -0.385. The average molecular weight is 328 g/mol. The summed E-state index contributed by atoms with van der Waals surface area (Å²) in [4.78, 5) is 24.1. The minimum absolute atomic E-state index is 0. The molecule has 1 aromatic carbocycles. The summed E-state index contributed by atoms with van der Waals surface area (Å²) in [5.74, 6) is 0.111. The molecule has 0 bridgehead atoms. The average Bonchev–Trinajstić information content (AvgIpc) is 3.00. The number of phenolic OH excluding ortho intramolecular Hbond substituents is 1. The topological polar surface area (TPSA) is 110 Å². The Bertz CT molecular complexity index is 610. The molecule has 3 atom stereocenters. The van der Waals surface area contributed by atoms with E-state index in [0.717, 1.165) is 25.0 Å². The lowest BCUT2D eigenvalue weighted by Gasteiger charge is -2.18. The Morgan fingerprint density at radius 3 is 2.68 bits per heavy atom. The maximum Gasteiger partial charge on any atom is 0.310 e. The summed E-state index contributed by atoms with van der Waals surface area (Å²) >= 11 is 0. The summed E-state index contributed by atoms with van der Waals surface area (Å²) in [6, 6.07) is 3.85. The van der Waals surface area contributed by atoms with E-state index in [-0.39, 0.29) is 29.9 Å². The largest absolute Gasteiger partial charge is 0.502 e. The molecule has 1 aromatic rings. The number of amides is 1. The van der Waals surface area contributed by atoms with Gasteiger partial charge in [0.25, 0.3) is 5.91 Å². The van der Waals surface area contributed by atoms with Crippen LogP contribution < -0.4 is 5.73 Å². The number of halogens is 1. The molecular weight excluding hydrogens is 310 g/mol. The Balaban J connectivity index is 0.00000176. The van der Waals surface area contributed by atoms with Crippen LogP contribution in [0.1, 0.15) is 23.2 Å². The Kier molecular flexibility index (Phi) is 4.58. The first-order chi connectivity index (χ1) is 9.97. The number of likely N-dealkylation sites (tertiary alicyclic amines) is 1. The molecule has 7 nitrogen and oxygen atoms in total. The van der Waals surface area contributed by atoms with Gasteiger partial charge in [0.15, 0.2) is 5.75 Å². The molecule has 1 aliphatic heterocycles. The highest BCUT2D eigenvalue weighted by molar-refractivity contribution is 5.95. The number of aromatic hydroxyl groups is 1. The first-order valence-corrected chi connectivity index (χ1v) is 6.99. The molecule has 0 aromatic heterocycles. The molecule has 3 unspecified atom stereocenters. The van der Waals surface area contributed by atoms with E-state index in [2.05, 4.69) is 0 Å². The van der Waals surface area contributed by atoms with Crippen LogP contribution in [0.3, 0.4) is 0 Å². The standard InChI is InChI=1S/C14H17N3O4.ClH/c15-11-3-1-9-6-16(7-10(9)11)14(19)8-2-4-12(17(20)21)13(18)5-8;/h2,4-5,9-11,18H,1,3,6-7,15H2;1H. The highest BCUT2D eigenvalue weighted by atomic mass is 35.5. The van der Waals surface area contributed by atoms with Gasteiger partial charge in [0.1, 0.15) is 0 Å². The molecule has 1 amide bonds. The van der Waals surface area contributed by atoms with E-state index in [4.69, 9.17) is 5.73 Å². The number of hydrogen-bond acceptors (Lipinski definition) is 5. The van der Waals surface area contributed by atoms with Crippen molar-refractivity contribution in [2.75, 3.05) is 13.1 Å². The summed E-state index contributed by atoms with van der Waals surface area (Å²) in [6.07, 6.45) is 2.05. The predicted octanol–water partition coefficient (Wildman–Crippen LogP) is 1.53. The number of rotatable bonds is 2. The van der Waals surface area contributed by atoms with Crippen molar-refractivity contribution in [3.8, 4) is 5.75 Å². The second-order valence-electron chi connectivity index (χ2n) is 5.84. The second kappa shape index (κ2) is 6.10. The molecule has 2 aliphatic rings. The van der Waals surface area contributed by atoms with Crippen molar-refractivity contribution in [3.05, 3.63) is 33.9 Å². The Hall–Kier alpha value is -1.86. The zero-order valence-electron chi connectivity index (χ0n) is 11.8. The van der Waals surface area contributed by atoms with Gasteiger partial charge >= 0.3 is 5.69 Å². The monoisotopic (exact) mass is 327 g/mol. The van der Waals surface area contributed by atoms with Gasteiger partial charge < -0.3 is 15.7 Å². The zero-order valence-corrected chi connectivity index (χ0v) is 12.7. The smallest absolute Gasteiger partial charge is 0.310 e. The van der Waals surface area contributed by atoms with Crippen molar-refractivity contribution in [3.63, 3.8) is 0 Å². The minimum atomic E-state index is -0.678. The molecule has 0 radical (unpaired) electrons. The Morgan fingerprint density at radius 2 is 2.09 bits per heavy atom. The van der Waals surface area contributed by atoms with Gasteiger partial charge in [-0.3, -0.25) is 14.9 Å². The summed E-state index contributed by atoms with van der Waals surface area (Å²) in [7, 11) is 0. The van der Waals surface area contributed by atoms with Gasteiger partial charge in [0.2, 0.25) is 0 Å². The van der Waals surface area contributed by atoms with Crippen LogP contribution in [0.25, 0.3) is 0 Å². The van der Waals surface area contributed by atoms with Gasteiger partial charge in [-0.25, -0.2) is 0 Å². The van der Waals surface area contributed by atoms with Gasteiger partial charge in [-0.15, -0.1) is 12.4 Å². The Labute approximate surface area is 133 Å². The quantitative estimate of drug-likeness (QED) is 0.632. The van der Waals surface area contributed by atoms with E-state index in [9.17, 15) is 20.0 Å². The molecule has 2 fully saturated rings. The SMILES string of the molecule is Cl.NC1CCC2CN(C(=O)c3ccc([N+](=O)[O-])c(O)c3)CC12. The van der Waals surface area contributed by atoms with E-state index in [0.29, 0.717) is 24.9 Å². The zero-order chi connectivity index (χ0) is 15.1. The number of hydrogen-bond donors (Lipinski definition) is 2. The van der Waals surface area contributed by atoms with Crippen LogP contribution in [0.4, 0.5) is 5.69 Å². The summed E-state index contributed by atoms with van der Waals surface area (Å²) in [6.45, 7) is 1.30. The highest BCUT2D eigenvalue weighted by Gasteiger charge is 2.42. The molecule has 0 spiro atoms. The van der Waals surface area contributed by atoms with Crippen LogP contribution in [0, 0.1) is 22.0 Å². The summed E-state index contributed by atoms with van der Waals surface area (Å²) < 4.78 is 0. The van der Waals surface area contributed by atoms with Crippen molar-refractivity contribution in [2.45, 2.75) is 18.9 Å². The van der Waals surface area contributed by atoms with Gasteiger partial charge in [-0.2, -0.15) is 0 Å². The van der Waals surface area contributed by atoms with E-state index >= 15 is 0 Å². The van der Waals surface area contributed by atoms with E-state index in [1.54, 1.807) is 4.90 Å². The lowest BCUT2D eigenvalue weighted by Crippen LogP contribution is -2.33. The molecule has 120 valence electrons. The summed E-state index contributed by atoms with van der Waals surface area (Å²) in [5, 5.41) is 20.3. The molecule has 3 N–H and O–H groups in total. The molecular formula is C14H18ClN3O4. The number of fused-ring (bicyclic) bond motifs is 1. The van der Waals surface area contributed by atoms with Crippen molar-refractivity contribution < 1.29 is 14.8 Å². The molecule has 8 heteroatoms. The van der Waals surface area contributed by atoms with Crippen molar-refractivity contribution in [1.82, 2.24) is 4.90 Å². The third-order valence-corrected chi connectivity index (χ3v) is 4.62. The number of phenols is 1. The number of carbonyl (C=O) groups is 1. The van der Waals surface area contributed by atoms with Crippen molar-refractivity contribution in [1.29, 1.82) is 0 Å². The fraction of sp³-hybridized carbons (Fsp3) is 0.500. The van der Waals surface area contributed by atoms with Crippen LogP contribution in [0.15, 0.2) is 18.2 Å². The van der Waals surface area contributed by atoms with Crippen LogP contribution >= 0.6 is 12.4 Å². The van der Waals surface area contributed by atoms with Crippen molar-refractivity contribution >= 4 is 24.0 Å². The van der Waals surface area contributed by atoms with Gasteiger partial charge in [0.05, 0.1) is 4.92 Å². The maximum absolute atomic E-state index is 12.4. The fourth-order valence-corrected chi connectivity index (χ4v) is 3.47. The highest BCUT2D eigenvalue weighted by Crippen LogP contribution is 2.38. The van der Waals surface area contributed by atoms with Crippen LogP contribution in [-0.4, -0.2) is 40.0 Å². The van der Waals surface area contributed by atoms with Crippen LogP contribution in [0.2, 0.25) is 0 Å². The summed E-state index contributed by atoms with van der Waals surface area (Å²) in [5.41, 5.74) is 5.92. The lowest BCUT2D eigenvalue weighted by atomic mass is 9.98. The Morgan fingerprint density at radius 1 is 1.36 bits per heavy atom. The third kappa shape index (κ3) is 2.74.